The molecular formula is C13H23N3O3. The maximum absolute atomic E-state index is 12.2. The molecule has 2 heterocycles. The molecule has 2 atom stereocenters. The molecule has 2 unspecified atom stereocenters. The fraction of sp³-hybridized carbons (Fsp3) is 0.846. The number of piperidine rings is 2. The van der Waals surface area contributed by atoms with Crippen LogP contribution in [0.1, 0.15) is 39.0 Å². The summed E-state index contributed by atoms with van der Waals surface area (Å²) in [5, 5.41) is 11.0. The molecule has 0 aliphatic carbocycles. The Hall–Kier alpha value is -1.30. The van der Waals surface area contributed by atoms with Crippen molar-refractivity contribution in [2.24, 2.45) is 5.92 Å². The number of carboxylic acids is 1. The lowest BCUT2D eigenvalue weighted by molar-refractivity contribution is -0.143. The molecule has 2 aliphatic rings. The van der Waals surface area contributed by atoms with Gasteiger partial charge < -0.3 is 10.0 Å². The number of carbonyl (C=O) groups excluding carboxylic acids is 1. The van der Waals surface area contributed by atoms with Crippen molar-refractivity contribution < 1.29 is 14.7 Å². The second-order valence-corrected chi connectivity index (χ2v) is 5.57. The number of carbonyl (C=O) groups is 2. The molecule has 2 N–H and O–H groups in total. The second kappa shape index (κ2) is 6.23. The minimum Gasteiger partial charge on any atom is -0.481 e. The third-order valence-electron chi connectivity index (χ3n) is 4.10. The quantitative estimate of drug-likeness (QED) is 0.792. The van der Waals surface area contributed by atoms with E-state index in [1.165, 1.54) is 6.42 Å². The largest absolute Gasteiger partial charge is 0.481 e. The van der Waals surface area contributed by atoms with E-state index in [1.54, 1.807) is 4.90 Å². The van der Waals surface area contributed by atoms with Gasteiger partial charge in [-0.1, -0.05) is 6.42 Å². The summed E-state index contributed by atoms with van der Waals surface area (Å²) in [6.45, 7) is 4.26. The zero-order chi connectivity index (χ0) is 13.8. The second-order valence-electron chi connectivity index (χ2n) is 5.57. The van der Waals surface area contributed by atoms with Crippen molar-refractivity contribution in [3.8, 4) is 0 Å². The highest BCUT2D eigenvalue weighted by atomic mass is 16.4. The van der Waals surface area contributed by atoms with Crippen LogP contribution < -0.4 is 5.43 Å². The number of aliphatic carboxylic acids is 1. The van der Waals surface area contributed by atoms with Crippen LogP contribution in [0.25, 0.3) is 0 Å². The Labute approximate surface area is 113 Å². The first-order chi connectivity index (χ1) is 9.08. The summed E-state index contributed by atoms with van der Waals surface area (Å²) in [6, 6.07) is -0.0992. The maximum Gasteiger partial charge on any atom is 0.332 e. The number of carboxylic acid groups (broad SMARTS) is 1. The highest BCUT2D eigenvalue weighted by molar-refractivity contribution is 5.75. The van der Waals surface area contributed by atoms with Gasteiger partial charge in [-0.3, -0.25) is 10.2 Å². The van der Waals surface area contributed by atoms with E-state index in [0.29, 0.717) is 19.4 Å². The number of amides is 2. The van der Waals surface area contributed by atoms with E-state index in [9.17, 15) is 9.59 Å². The van der Waals surface area contributed by atoms with Crippen molar-refractivity contribution in [1.82, 2.24) is 15.3 Å². The lowest BCUT2D eigenvalue weighted by Gasteiger charge is -2.38. The van der Waals surface area contributed by atoms with E-state index in [-0.39, 0.29) is 18.0 Å². The monoisotopic (exact) mass is 269 g/mol. The molecule has 0 radical (unpaired) electrons. The molecule has 0 aromatic carbocycles. The van der Waals surface area contributed by atoms with Crippen molar-refractivity contribution in [2.75, 3.05) is 19.6 Å². The highest BCUT2D eigenvalue weighted by Crippen LogP contribution is 2.23. The zero-order valence-corrected chi connectivity index (χ0v) is 11.5. The Morgan fingerprint density at radius 2 is 1.84 bits per heavy atom. The molecular weight excluding hydrogens is 246 g/mol. The topological polar surface area (TPSA) is 72.9 Å². The molecule has 0 bridgehead atoms. The molecule has 2 fully saturated rings. The predicted octanol–water partition coefficient (Wildman–Crippen LogP) is 1.28. The normalized spacial score (nSPS) is 29.0. The zero-order valence-electron chi connectivity index (χ0n) is 11.5. The predicted molar refractivity (Wildman–Crippen MR) is 70.5 cm³/mol. The number of nitrogens with one attached hydrogen (secondary N) is 1. The van der Waals surface area contributed by atoms with E-state index in [2.05, 4.69) is 5.43 Å². The molecule has 0 aromatic heterocycles. The summed E-state index contributed by atoms with van der Waals surface area (Å²) in [5.41, 5.74) is 2.94. The summed E-state index contributed by atoms with van der Waals surface area (Å²) in [5.74, 6) is -1.06. The first-order valence-electron chi connectivity index (χ1n) is 7.13. The van der Waals surface area contributed by atoms with Gasteiger partial charge in [-0.05, 0) is 32.6 Å². The minimum atomic E-state index is -0.747. The van der Waals surface area contributed by atoms with Crippen molar-refractivity contribution in [2.45, 2.75) is 45.1 Å². The van der Waals surface area contributed by atoms with E-state index in [4.69, 9.17) is 5.11 Å². The summed E-state index contributed by atoms with van der Waals surface area (Å²) < 4.78 is 0. The van der Waals surface area contributed by atoms with E-state index >= 15 is 0 Å². The van der Waals surface area contributed by atoms with Crippen molar-refractivity contribution in [3.63, 3.8) is 0 Å². The van der Waals surface area contributed by atoms with Crippen LogP contribution in [0.4, 0.5) is 4.79 Å². The number of likely N-dealkylation sites (tertiary alicyclic amines) is 1. The van der Waals surface area contributed by atoms with E-state index in [0.717, 1.165) is 25.9 Å². The molecule has 2 aliphatic heterocycles. The van der Waals surface area contributed by atoms with Crippen LogP contribution in [0.3, 0.4) is 0 Å². The van der Waals surface area contributed by atoms with Gasteiger partial charge in [-0.15, -0.1) is 0 Å². The summed E-state index contributed by atoms with van der Waals surface area (Å²) in [4.78, 5) is 24.9. The average molecular weight is 269 g/mol. The van der Waals surface area contributed by atoms with Crippen LogP contribution in [0, 0.1) is 5.92 Å². The molecule has 0 aromatic rings. The van der Waals surface area contributed by atoms with Gasteiger partial charge in [0.15, 0.2) is 0 Å². The first kappa shape index (κ1) is 14.1. The molecule has 2 rings (SSSR count). The first-order valence-corrected chi connectivity index (χ1v) is 7.13. The van der Waals surface area contributed by atoms with Crippen LogP contribution >= 0.6 is 0 Å². The van der Waals surface area contributed by atoms with Crippen molar-refractivity contribution >= 4 is 12.0 Å². The van der Waals surface area contributed by atoms with Crippen LogP contribution in [0.5, 0.6) is 0 Å². The fourth-order valence-corrected chi connectivity index (χ4v) is 2.90. The number of hydrogen-bond acceptors (Lipinski definition) is 3. The Morgan fingerprint density at radius 3 is 2.42 bits per heavy atom. The Bertz CT molecular complexity index is 342. The average Bonchev–Trinajstić information content (AvgIpc) is 2.39. The molecule has 6 heteroatoms. The minimum absolute atomic E-state index is 0.0142. The van der Waals surface area contributed by atoms with E-state index in [1.807, 2.05) is 11.9 Å². The van der Waals surface area contributed by atoms with Crippen LogP contribution in [-0.2, 0) is 4.79 Å². The molecule has 6 nitrogen and oxygen atoms in total. The van der Waals surface area contributed by atoms with Gasteiger partial charge in [0, 0.05) is 25.7 Å². The van der Waals surface area contributed by atoms with Crippen molar-refractivity contribution in [1.29, 1.82) is 0 Å². The third kappa shape index (κ3) is 3.59. The standard InChI is InChI=1S/C13H23N3O3/c1-10-9-11(12(17)18)5-8-16(10)13(19)14-15-6-3-2-4-7-15/h10-11H,2-9H2,1H3,(H,14,19)(H,17,18). The van der Waals surface area contributed by atoms with E-state index < -0.39 is 5.97 Å². The molecule has 2 amide bonds. The smallest absolute Gasteiger partial charge is 0.332 e. The summed E-state index contributed by atoms with van der Waals surface area (Å²) in [6.07, 6.45) is 4.57. The van der Waals surface area contributed by atoms with Gasteiger partial charge in [-0.2, -0.15) is 0 Å². The van der Waals surface area contributed by atoms with Gasteiger partial charge in [0.2, 0.25) is 0 Å². The Balaban J connectivity index is 1.84. The number of hydrazine groups is 1. The third-order valence-corrected chi connectivity index (χ3v) is 4.10. The molecule has 108 valence electrons. The van der Waals surface area contributed by atoms with Crippen LogP contribution in [0.15, 0.2) is 0 Å². The van der Waals surface area contributed by atoms with Crippen LogP contribution in [0.2, 0.25) is 0 Å². The molecule has 19 heavy (non-hydrogen) atoms. The maximum atomic E-state index is 12.2. The Kier molecular flexibility index (Phi) is 4.63. The fourth-order valence-electron chi connectivity index (χ4n) is 2.90. The lowest BCUT2D eigenvalue weighted by atomic mass is 9.92. The highest BCUT2D eigenvalue weighted by Gasteiger charge is 2.32. The molecule has 2 saturated heterocycles. The van der Waals surface area contributed by atoms with Gasteiger partial charge in [-0.25, -0.2) is 9.80 Å². The van der Waals surface area contributed by atoms with Gasteiger partial charge in [0.25, 0.3) is 0 Å². The van der Waals surface area contributed by atoms with Gasteiger partial charge in [0.05, 0.1) is 5.92 Å². The Morgan fingerprint density at radius 1 is 1.16 bits per heavy atom. The number of urea groups is 1. The van der Waals surface area contributed by atoms with Gasteiger partial charge in [0.1, 0.15) is 0 Å². The lowest BCUT2D eigenvalue weighted by Crippen LogP contribution is -2.55. The van der Waals surface area contributed by atoms with Crippen molar-refractivity contribution in [3.05, 3.63) is 0 Å². The number of rotatable bonds is 2. The SMILES string of the molecule is CC1CC(C(=O)O)CCN1C(=O)NN1CCCCC1. The summed E-state index contributed by atoms with van der Waals surface area (Å²) >= 11 is 0. The number of hydrogen-bond donors (Lipinski definition) is 2. The molecule has 0 saturated carbocycles. The van der Waals surface area contributed by atoms with Crippen LogP contribution in [-0.4, -0.2) is 52.7 Å². The van der Waals surface area contributed by atoms with Gasteiger partial charge >= 0.3 is 12.0 Å². The molecule has 0 spiro atoms. The number of nitrogens with zero attached hydrogens (tertiary/aromatic N) is 2. The summed E-state index contributed by atoms with van der Waals surface area (Å²) in [7, 11) is 0.